The number of benzene rings is 2. The van der Waals surface area contributed by atoms with Crippen molar-refractivity contribution in [2.45, 2.75) is 41.4 Å². The summed E-state index contributed by atoms with van der Waals surface area (Å²) in [4.78, 5) is 15.0. The third-order valence-corrected chi connectivity index (χ3v) is 9.12. The normalized spacial score (nSPS) is 25.7. The molecule has 0 heterocycles. The van der Waals surface area contributed by atoms with E-state index in [-0.39, 0.29) is 29.8 Å². The second-order valence-corrected chi connectivity index (χ2v) is 11.1. The van der Waals surface area contributed by atoms with E-state index >= 15 is 0 Å². The molecule has 3 N–H and O–H groups in total. The van der Waals surface area contributed by atoms with Crippen LogP contribution in [0.1, 0.15) is 36.0 Å². The Hall–Kier alpha value is -3.12. The number of hydrogen-bond donors (Lipinski definition) is 3. The lowest BCUT2D eigenvalue weighted by Gasteiger charge is -2.39. The molecular formula is C22H21F3N4O5S. The van der Waals surface area contributed by atoms with Crippen molar-refractivity contribution < 1.29 is 36.6 Å². The molecule has 2 bridgehead atoms. The number of amides is 1. The highest BCUT2D eigenvalue weighted by Gasteiger charge is 2.54. The van der Waals surface area contributed by atoms with Crippen molar-refractivity contribution in [3.63, 3.8) is 0 Å². The number of hydrogen-bond acceptors (Lipinski definition) is 6. The smallest absolute Gasteiger partial charge is 0.255 e. The van der Waals surface area contributed by atoms with Gasteiger partial charge in [0.2, 0.25) is 0 Å². The molecule has 2 aliphatic rings. The molecule has 0 spiro atoms. The summed E-state index contributed by atoms with van der Waals surface area (Å²) in [6.45, 7) is -0.489. The minimum Gasteiger partial charge on any atom is -0.393 e. The maximum atomic E-state index is 13.7. The number of halogens is 3. The highest BCUT2D eigenvalue weighted by Crippen LogP contribution is 2.51. The highest BCUT2D eigenvalue weighted by molar-refractivity contribution is 7.92. The summed E-state index contributed by atoms with van der Waals surface area (Å²) in [5.41, 5.74) is 6.71. The van der Waals surface area contributed by atoms with E-state index in [1.165, 1.54) is 6.07 Å². The molecule has 13 heteroatoms. The van der Waals surface area contributed by atoms with Gasteiger partial charge in [-0.2, -0.15) is 0 Å². The first-order chi connectivity index (χ1) is 16.5. The van der Waals surface area contributed by atoms with Gasteiger partial charge >= 0.3 is 0 Å². The molecular weight excluding hydrogens is 489 g/mol. The van der Waals surface area contributed by atoms with E-state index < -0.39 is 67.4 Å². The number of fused-ring (bicyclic) bond motifs is 2. The van der Waals surface area contributed by atoms with Gasteiger partial charge in [0.1, 0.15) is 0 Å². The number of sulfone groups is 1. The van der Waals surface area contributed by atoms with Gasteiger partial charge in [0.25, 0.3) is 5.91 Å². The van der Waals surface area contributed by atoms with Crippen LogP contribution in [0.15, 0.2) is 40.3 Å². The molecule has 4 rings (SSSR count). The van der Waals surface area contributed by atoms with Crippen LogP contribution in [-0.2, 0) is 9.84 Å². The van der Waals surface area contributed by atoms with Crippen molar-refractivity contribution in [2.75, 3.05) is 11.9 Å². The minimum absolute atomic E-state index is 0.0859. The van der Waals surface area contributed by atoms with E-state index in [1.807, 2.05) is 0 Å². The fraction of sp³-hybridized carbons (Fsp3) is 0.409. The predicted molar refractivity (Wildman–Crippen MR) is 118 cm³/mol. The second kappa shape index (κ2) is 9.15. The average molecular weight is 510 g/mol. The van der Waals surface area contributed by atoms with E-state index in [1.54, 1.807) is 0 Å². The molecule has 186 valence electrons. The van der Waals surface area contributed by atoms with E-state index in [4.69, 9.17) is 5.53 Å². The zero-order valence-corrected chi connectivity index (χ0v) is 19.0. The van der Waals surface area contributed by atoms with Crippen LogP contribution in [0.2, 0.25) is 0 Å². The highest BCUT2D eigenvalue weighted by atomic mass is 32.2. The summed E-state index contributed by atoms with van der Waals surface area (Å²) < 4.78 is 67.6. The lowest BCUT2D eigenvalue weighted by molar-refractivity contribution is -0.0597. The molecule has 2 aromatic carbocycles. The van der Waals surface area contributed by atoms with Gasteiger partial charge < -0.3 is 15.5 Å². The van der Waals surface area contributed by atoms with Crippen LogP contribution in [0.3, 0.4) is 0 Å². The summed E-state index contributed by atoms with van der Waals surface area (Å²) in [6, 6.07) is 4.47. The molecule has 0 radical (unpaired) electrons. The maximum absolute atomic E-state index is 13.7. The maximum Gasteiger partial charge on any atom is 0.255 e. The number of nitrogens with one attached hydrogen (secondary N) is 1. The summed E-state index contributed by atoms with van der Waals surface area (Å²) in [7, 11) is -4.16. The van der Waals surface area contributed by atoms with Crippen molar-refractivity contribution in [1.29, 1.82) is 0 Å². The zero-order valence-electron chi connectivity index (χ0n) is 18.2. The molecule has 2 saturated carbocycles. The van der Waals surface area contributed by atoms with Crippen LogP contribution in [0, 0.1) is 29.3 Å². The van der Waals surface area contributed by atoms with Gasteiger partial charge in [-0.15, -0.1) is 0 Å². The number of rotatable bonds is 6. The number of carbonyl (C=O) groups excluding carboxylic acids is 1. The summed E-state index contributed by atoms with van der Waals surface area (Å²) in [6.07, 6.45) is 1.22. The van der Waals surface area contributed by atoms with Crippen molar-refractivity contribution in [3.8, 4) is 0 Å². The molecule has 2 atom stereocenters. The van der Waals surface area contributed by atoms with Crippen molar-refractivity contribution >= 4 is 27.1 Å². The molecule has 9 nitrogen and oxygen atoms in total. The monoisotopic (exact) mass is 510 g/mol. The molecule has 0 saturated heterocycles. The van der Waals surface area contributed by atoms with Gasteiger partial charge in [-0.1, -0.05) is 11.2 Å². The Morgan fingerprint density at radius 2 is 1.74 bits per heavy atom. The molecule has 2 aliphatic carbocycles. The van der Waals surface area contributed by atoms with Crippen LogP contribution < -0.4 is 5.32 Å². The first-order valence-corrected chi connectivity index (χ1v) is 12.3. The van der Waals surface area contributed by atoms with Crippen LogP contribution >= 0.6 is 0 Å². The van der Waals surface area contributed by atoms with Crippen LogP contribution in [0.5, 0.6) is 0 Å². The van der Waals surface area contributed by atoms with Crippen LogP contribution in [0.4, 0.5) is 24.5 Å². The lowest BCUT2D eigenvalue weighted by atomic mass is 9.77. The van der Waals surface area contributed by atoms with E-state index in [9.17, 15) is 36.6 Å². The Kier molecular flexibility index (Phi) is 6.54. The van der Waals surface area contributed by atoms with Gasteiger partial charge in [-0.05, 0) is 55.2 Å². The van der Waals surface area contributed by atoms with E-state index in [0.717, 1.165) is 12.1 Å². The van der Waals surface area contributed by atoms with Gasteiger partial charge in [-0.3, -0.25) is 4.79 Å². The first kappa shape index (κ1) is 25.0. The van der Waals surface area contributed by atoms with Crippen LogP contribution in [-0.4, -0.2) is 42.0 Å². The molecule has 1 amide bonds. The standard InChI is InChI=1S/C22H21F3N4O5S/c23-15-6-14(7-16(24)19(15)25)27-21(31)11-3-4-17(28-29-26)18(5-11)35(33,34)20-12-1-2-13(20)9-22(32,8-12)10-30/h3-7,12-13,20,30,32H,1-2,8-10H2,(H,27,31)/t12?,13?,20-,22-. The fourth-order valence-electron chi connectivity index (χ4n) is 5.26. The summed E-state index contributed by atoms with van der Waals surface area (Å²) in [5, 5.41) is 24.8. The number of azide groups is 1. The first-order valence-electron chi connectivity index (χ1n) is 10.7. The molecule has 2 fully saturated rings. The SMILES string of the molecule is [N-]=[N+]=Nc1ccc(C(=O)Nc2cc(F)c(F)c(F)c2)cc1S(=O)(=O)[C@H]1C2CCC1C[C@](O)(CO)C2. The zero-order chi connectivity index (χ0) is 25.5. The molecule has 35 heavy (non-hydrogen) atoms. The largest absolute Gasteiger partial charge is 0.393 e. The van der Waals surface area contributed by atoms with Crippen LogP contribution in [0.25, 0.3) is 10.4 Å². The second-order valence-electron chi connectivity index (χ2n) is 8.98. The van der Waals surface area contributed by atoms with Crippen molar-refractivity contribution in [1.82, 2.24) is 0 Å². The number of anilines is 1. The topological polar surface area (TPSA) is 152 Å². The molecule has 2 aromatic rings. The minimum atomic E-state index is -4.16. The number of aliphatic hydroxyl groups excluding tert-OH is 1. The van der Waals surface area contributed by atoms with Gasteiger partial charge in [-0.25, -0.2) is 21.6 Å². The Bertz CT molecular complexity index is 1310. The summed E-state index contributed by atoms with van der Waals surface area (Å²) >= 11 is 0. The number of carbonyl (C=O) groups is 1. The third-order valence-electron chi connectivity index (χ3n) is 6.70. The Balaban J connectivity index is 1.70. The molecule has 0 aromatic heterocycles. The van der Waals surface area contributed by atoms with Gasteiger partial charge in [0.15, 0.2) is 27.3 Å². The van der Waals surface area contributed by atoms with Gasteiger partial charge in [0.05, 0.1) is 28.0 Å². The lowest BCUT2D eigenvalue weighted by Crippen LogP contribution is -2.48. The van der Waals surface area contributed by atoms with Crippen molar-refractivity contribution in [2.24, 2.45) is 17.0 Å². The Morgan fingerprint density at radius 1 is 1.14 bits per heavy atom. The van der Waals surface area contributed by atoms with Crippen molar-refractivity contribution in [3.05, 3.63) is 63.8 Å². The van der Waals surface area contributed by atoms with E-state index in [0.29, 0.717) is 25.0 Å². The Morgan fingerprint density at radius 3 is 2.29 bits per heavy atom. The molecule has 2 unspecified atom stereocenters. The van der Waals surface area contributed by atoms with E-state index in [2.05, 4.69) is 15.3 Å². The number of aliphatic hydroxyl groups is 2. The fourth-order valence-corrected chi connectivity index (χ4v) is 7.73. The quantitative estimate of drug-likeness (QED) is 0.232. The summed E-state index contributed by atoms with van der Waals surface area (Å²) in [5.74, 6) is -6.56. The predicted octanol–water partition coefficient (Wildman–Crippen LogP) is 3.98. The van der Waals surface area contributed by atoms with Gasteiger partial charge in [0, 0.05) is 28.3 Å². The Labute approximate surface area is 198 Å². The molecule has 0 aliphatic heterocycles. The third kappa shape index (κ3) is 4.59. The number of nitrogens with zero attached hydrogens (tertiary/aromatic N) is 3. The average Bonchev–Trinajstić information content (AvgIpc) is 3.11.